The molecule has 18 heavy (non-hydrogen) atoms. The third-order valence-electron chi connectivity index (χ3n) is 1.99. The Hall–Kier alpha value is -2.22. The molecule has 0 saturated heterocycles. The predicted octanol–water partition coefficient (Wildman–Crippen LogP) is 2.26. The quantitative estimate of drug-likeness (QED) is 0.520. The summed E-state index contributed by atoms with van der Waals surface area (Å²) >= 11 is 1.02. The van der Waals surface area contributed by atoms with Crippen LogP contribution in [0.1, 0.15) is 0 Å². The summed E-state index contributed by atoms with van der Waals surface area (Å²) in [5.41, 5.74) is 5.33. The van der Waals surface area contributed by atoms with E-state index in [0.29, 0.717) is 4.90 Å². The zero-order valence-corrected chi connectivity index (χ0v) is 9.72. The van der Waals surface area contributed by atoms with Crippen LogP contribution in [0.5, 0.6) is 0 Å². The van der Waals surface area contributed by atoms with Crippen molar-refractivity contribution >= 4 is 23.4 Å². The molecular formula is C10H7FN4O2S. The van der Waals surface area contributed by atoms with Crippen LogP contribution in [0.15, 0.2) is 40.4 Å². The van der Waals surface area contributed by atoms with Crippen LogP contribution in [0, 0.1) is 15.9 Å². The molecule has 0 aliphatic rings. The molecule has 8 heteroatoms. The summed E-state index contributed by atoms with van der Waals surface area (Å²) in [6.07, 6.45) is 0.982. The average Bonchev–Trinajstić information content (AvgIpc) is 2.34. The lowest BCUT2D eigenvalue weighted by Crippen LogP contribution is -1.97. The molecule has 0 amide bonds. The second-order valence-electron chi connectivity index (χ2n) is 3.23. The molecule has 0 spiro atoms. The Morgan fingerprint density at radius 1 is 1.33 bits per heavy atom. The van der Waals surface area contributed by atoms with Crippen LogP contribution in [0.4, 0.5) is 16.0 Å². The Morgan fingerprint density at radius 2 is 2.00 bits per heavy atom. The number of rotatable bonds is 3. The van der Waals surface area contributed by atoms with E-state index in [4.69, 9.17) is 5.73 Å². The molecule has 92 valence electrons. The van der Waals surface area contributed by atoms with Crippen LogP contribution in [-0.4, -0.2) is 14.9 Å². The number of nitrogen functional groups attached to an aromatic ring is 1. The highest BCUT2D eigenvalue weighted by Gasteiger charge is 2.09. The second-order valence-corrected chi connectivity index (χ2v) is 4.30. The summed E-state index contributed by atoms with van der Waals surface area (Å²) in [6.45, 7) is 0. The van der Waals surface area contributed by atoms with Crippen molar-refractivity contribution in [3.63, 3.8) is 0 Å². The Morgan fingerprint density at radius 3 is 2.61 bits per heavy atom. The Balaban J connectivity index is 2.23. The molecule has 0 aliphatic heterocycles. The van der Waals surface area contributed by atoms with Crippen LogP contribution >= 0.6 is 11.8 Å². The Kier molecular flexibility index (Phi) is 3.38. The molecule has 2 aromatic rings. The van der Waals surface area contributed by atoms with Crippen LogP contribution in [-0.2, 0) is 0 Å². The molecule has 1 heterocycles. The summed E-state index contributed by atoms with van der Waals surface area (Å²) in [5.74, 6) is -0.617. The molecule has 0 aliphatic carbocycles. The van der Waals surface area contributed by atoms with Gasteiger partial charge in [-0.1, -0.05) is 11.8 Å². The van der Waals surface area contributed by atoms with Gasteiger partial charge in [-0.3, -0.25) is 10.1 Å². The third kappa shape index (κ3) is 2.72. The molecule has 2 N–H and O–H groups in total. The normalized spacial score (nSPS) is 10.3. The van der Waals surface area contributed by atoms with E-state index in [0.717, 1.165) is 18.0 Å². The molecule has 0 unspecified atom stereocenters. The summed E-state index contributed by atoms with van der Waals surface area (Å²) in [4.78, 5) is 17.8. The van der Waals surface area contributed by atoms with Gasteiger partial charge in [-0.15, -0.1) is 0 Å². The van der Waals surface area contributed by atoms with Crippen molar-refractivity contribution in [1.29, 1.82) is 0 Å². The van der Waals surface area contributed by atoms with Gasteiger partial charge in [0.1, 0.15) is 5.03 Å². The topological polar surface area (TPSA) is 94.9 Å². The van der Waals surface area contributed by atoms with E-state index in [1.807, 2.05) is 0 Å². The fourth-order valence-electron chi connectivity index (χ4n) is 1.18. The first-order valence-corrected chi connectivity index (χ1v) is 5.58. The van der Waals surface area contributed by atoms with Gasteiger partial charge in [0, 0.05) is 17.0 Å². The minimum atomic E-state index is -0.590. The highest BCUT2D eigenvalue weighted by Crippen LogP contribution is 2.29. The number of halogens is 1. The lowest BCUT2D eigenvalue weighted by molar-refractivity contribution is -0.384. The van der Waals surface area contributed by atoms with Crippen LogP contribution in [0.25, 0.3) is 0 Å². The van der Waals surface area contributed by atoms with E-state index >= 15 is 0 Å². The Labute approximate surface area is 105 Å². The standard InChI is InChI=1S/C10H7FN4O2S/c11-8-5-13-10(12)14-9(8)18-7-3-1-6(2-4-7)15(16)17/h1-5H,(H2,12,13,14). The van der Waals surface area contributed by atoms with Crippen LogP contribution < -0.4 is 5.73 Å². The first-order valence-electron chi connectivity index (χ1n) is 4.76. The molecule has 1 aromatic carbocycles. The summed E-state index contributed by atoms with van der Waals surface area (Å²) in [5, 5.41) is 10.6. The van der Waals surface area contributed by atoms with E-state index in [2.05, 4.69) is 9.97 Å². The SMILES string of the molecule is Nc1ncc(F)c(Sc2ccc([N+](=O)[O-])cc2)n1. The maximum Gasteiger partial charge on any atom is 0.269 e. The first kappa shape index (κ1) is 12.2. The maximum absolute atomic E-state index is 13.4. The van der Waals surface area contributed by atoms with Crippen molar-refractivity contribution in [3.05, 3.63) is 46.4 Å². The zero-order valence-electron chi connectivity index (χ0n) is 8.91. The van der Waals surface area contributed by atoms with Crippen molar-refractivity contribution < 1.29 is 9.31 Å². The van der Waals surface area contributed by atoms with E-state index < -0.39 is 10.7 Å². The van der Waals surface area contributed by atoms with Gasteiger partial charge < -0.3 is 5.73 Å². The molecule has 2 rings (SSSR count). The van der Waals surface area contributed by atoms with Gasteiger partial charge in [0.2, 0.25) is 5.95 Å². The van der Waals surface area contributed by atoms with Gasteiger partial charge >= 0.3 is 0 Å². The van der Waals surface area contributed by atoms with Crippen LogP contribution in [0.2, 0.25) is 0 Å². The van der Waals surface area contributed by atoms with Crippen molar-refractivity contribution in [2.45, 2.75) is 9.92 Å². The van der Waals surface area contributed by atoms with Gasteiger partial charge in [0.05, 0.1) is 11.1 Å². The molecule has 0 bridgehead atoms. The monoisotopic (exact) mass is 266 g/mol. The number of benzene rings is 1. The predicted molar refractivity (Wildman–Crippen MR) is 63.6 cm³/mol. The summed E-state index contributed by atoms with van der Waals surface area (Å²) in [6, 6.07) is 5.71. The lowest BCUT2D eigenvalue weighted by Gasteiger charge is -2.02. The second kappa shape index (κ2) is 4.96. The zero-order chi connectivity index (χ0) is 13.1. The molecule has 0 fully saturated rings. The third-order valence-corrected chi connectivity index (χ3v) is 2.98. The maximum atomic E-state index is 13.4. The molecular weight excluding hydrogens is 259 g/mol. The average molecular weight is 266 g/mol. The van der Waals surface area contributed by atoms with Gasteiger partial charge in [-0.2, -0.15) is 0 Å². The number of anilines is 1. The number of nitro benzene ring substituents is 1. The lowest BCUT2D eigenvalue weighted by atomic mass is 10.3. The van der Waals surface area contributed by atoms with E-state index in [1.54, 1.807) is 0 Å². The van der Waals surface area contributed by atoms with Gasteiger partial charge in [-0.25, -0.2) is 14.4 Å². The van der Waals surface area contributed by atoms with E-state index in [9.17, 15) is 14.5 Å². The number of hydrogen-bond donors (Lipinski definition) is 1. The highest BCUT2D eigenvalue weighted by molar-refractivity contribution is 7.99. The Bertz CT molecular complexity index is 591. The number of aromatic nitrogens is 2. The summed E-state index contributed by atoms with van der Waals surface area (Å²) < 4.78 is 13.4. The number of nitrogens with zero attached hydrogens (tertiary/aromatic N) is 3. The molecule has 1 aromatic heterocycles. The fourth-order valence-corrected chi connectivity index (χ4v) is 1.97. The number of nitrogens with two attached hydrogens (primary N) is 1. The van der Waals surface area contributed by atoms with Gasteiger partial charge in [0.25, 0.3) is 5.69 Å². The van der Waals surface area contributed by atoms with Gasteiger partial charge in [0.15, 0.2) is 5.82 Å². The fraction of sp³-hybridized carbons (Fsp3) is 0. The molecule has 6 nitrogen and oxygen atoms in total. The minimum absolute atomic E-state index is 0.0259. The molecule has 0 radical (unpaired) electrons. The van der Waals surface area contributed by atoms with Crippen molar-refractivity contribution in [2.75, 3.05) is 5.73 Å². The number of hydrogen-bond acceptors (Lipinski definition) is 6. The van der Waals surface area contributed by atoms with Crippen molar-refractivity contribution in [3.8, 4) is 0 Å². The number of non-ortho nitro benzene ring substituents is 1. The van der Waals surface area contributed by atoms with Crippen molar-refractivity contribution in [2.24, 2.45) is 0 Å². The smallest absolute Gasteiger partial charge is 0.269 e. The molecule has 0 atom stereocenters. The van der Waals surface area contributed by atoms with Crippen molar-refractivity contribution in [1.82, 2.24) is 9.97 Å². The van der Waals surface area contributed by atoms with Gasteiger partial charge in [-0.05, 0) is 12.1 Å². The largest absolute Gasteiger partial charge is 0.368 e. The summed E-state index contributed by atoms with van der Waals surface area (Å²) in [7, 11) is 0. The molecule has 0 saturated carbocycles. The van der Waals surface area contributed by atoms with Crippen LogP contribution in [0.3, 0.4) is 0 Å². The van der Waals surface area contributed by atoms with E-state index in [1.165, 1.54) is 24.3 Å². The van der Waals surface area contributed by atoms with E-state index in [-0.39, 0.29) is 16.7 Å². The number of nitro groups is 1. The highest BCUT2D eigenvalue weighted by atomic mass is 32.2. The minimum Gasteiger partial charge on any atom is -0.368 e. The first-order chi connectivity index (χ1) is 8.56.